The van der Waals surface area contributed by atoms with Crippen LogP contribution in [0.5, 0.6) is 0 Å². The minimum atomic E-state index is -0.343. The number of rotatable bonds is 5. The number of carbonyl (C=O) groups is 2. The molecule has 1 heterocycles. The van der Waals surface area contributed by atoms with Crippen LogP contribution in [0.15, 0.2) is 28.4 Å². The second-order valence-corrected chi connectivity index (χ2v) is 5.60. The molecule has 0 bridgehead atoms. The van der Waals surface area contributed by atoms with E-state index >= 15 is 0 Å². The van der Waals surface area contributed by atoms with Gasteiger partial charge in [-0.3, -0.25) is 9.59 Å². The Hall–Kier alpha value is -1.92. The summed E-state index contributed by atoms with van der Waals surface area (Å²) in [4.78, 5) is 23.1. The van der Waals surface area contributed by atoms with Gasteiger partial charge in [0.25, 0.3) is 0 Å². The van der Waals surface area contributed by atoms with Gasteiger partial charge in [-0.2, -0.15) is 10.2 Å². The molecule has 116 valence electrons. The molecule has 0 spiro atoms. The molecule has 8 heteroatoms. The van der Waals surface area contributed by atoms with Gasteiger partial charge in [-0.05, 0) is 31.0 Å². The molecule has 2 amide bonds. The third-order valence-electron chi connectivity index (χ3n) is 3.17. The van der Waals surface area contributed by atoms with Gasteiger partial charge in [-0.25, -0.2) is 10.9 Å². The van der Waals surface area contributed by atoms with Crippen molar-refractivity contribution in [3.05, 3.63) is 33.8 Å². The van der Waals surface area contributed by atoms with Crippen molar-refractivity contribution < 1.29 is 9.59 Å². The summed E-state index contributed by atoms with van der Waals surface area (Å²) < 4.78 is 0. The molecule has 0 saturated carbocycles. The van der Waals surface area contributed by atoms with Crippen LogP contribution < -0.4 is 10.9 Å². The lowest BCUT2D eigenvalue weighted by atomic mass is 9.99. The van der Waals surface area contributed by atoms with Crippen LogP contribution in [-0.4, -0.2) is 23.7 Å². The van der Waals surface area contributed by atoms with E-state index in [1.165, 1.54) is 6.21 Å². The van der Waals surface area contributed by atoms with E-state index in [1.54, 1.807) is 25.1 Å². The smallest absolute Gasteiger partial charge is 0.248 e. The molecule has 0 aromatic heterocycles. The van der Waals surface area contributed by atoms with Crippen LogP contribution in [0.3, 0.4) is 0 Å². The quantitative estimate of drug-likeness (QED) is 0.637. The van der Waals surface area contributed by atoms with Gasteiger partial charge in [0.15, 0.2) is 0 Å². The Labute approximate surface area is 137 Å². The molecule has 1 aliphatic heterocycles. The zero-order valence-corrected chi connectivity index (χ0v) is 13.3. The van der Waals surface area contributed by atoms with E-state index in [9.17, 15) is 9.59 Å². The molecule has 2 N–H and O–H groups in total. The van der Waals surface area contributed by atoms with E-state index in [4.69, 9.17) is 23.2 Å². The third-order valence-corrected chi connectivity index (χ3v) is 3.91. The number of nitrogens with zero attached hydrogens (tertiary/aromatic N) is 2. The first-order valence-electron chi connectivity index (χ1n) is 6.58. The Kier molecular flexibility index (Phi) is 5.51. The highest BCUT2D eigenvalue weighted by molar-refractivity contribution is 6.42. The summed E-state index contributed by atoms with van der Waals surface area (Å²) in [5.41, 5.74) is 6.19. The maximum atomic E-state index is 11.7. The lowest BCUT2D eigenvalue weighted by Gasteiger charge is -2.06. The van der Waals surface area contributed by atoms with Crippen LogP contribution in [0, 0.1) is 5.92 Å². The normalized spacial score (nSPS) is 17.5. The van der Waals surface area contributed by atoms with E-state index in [2.05, 4.69) is 21.1 Å². The SMILES string of the molecule is CC1=NNC(=O)C1CCC(=O)N/N=C/c1ccc(Cl)c(Cl)c1. The second-order valence-electron chi connectivity index (χ2n) is 4.79. The molecular formula is C14H14Cl2N4O2. The summed E-state index contributed by atoms with van der Waals surface area (Å²) in [5, 5.41) is 8.53. The number of carbonyl (C=O) groups excluding carboxylic acids is 2. The Balaban J connectivity index is 1.80. The first-order valence-corrected chi connectivity index (χ1v) is 7.34. The van der Waals surface area contributed by atoms with E-state index in [1.807, 2.05) is 0 Å². The molecule has 0 saturated heterocycles. The van der Waals surface area contributed by atoms with Crippen LogP contribution in [0.25, 0.3) is 0 Å². The van der Waals surface area contributed by atoms with Crippen molar-refractivity contribution in [3.63, 3.8) is 0 Å². The molecule has 0 aliphatic carbocycles. The van der Waals surface area contributed by atoms with Crippen molar-refractivity contribution in [1.29, 1.82) is 0 Å². The predicted octanol–water partition coefficient (Wildman–Crippen LogP) is 2.35. The number of hydrogen-bond donors (Lipinski definition) is 2. The highest BCUT2D eigenvalue weighted by Crippen LogP contribution is 2.21. The van der Waals surface area contributed by atoms with Crippen LogP contribution in [0.2, 0.25) is 10.0 Å². The molecule has 0 radical (unpaired) electrons. The van der Waals surface area contributed by atoms with Crippen LogP contribution in [0.4, 0.5) is 0 Å². The summed E-state index contributed by atoms with van der Waals surface area (Å²) in [6.45, 7) is 1.75. The fourth-order valence-electron chi connectivity index (χ4n) is 1.93. The van der Waals surface area contributed by atoms with Gasteiger partial charge in [0.05, 0.1) is 22.2 Å². The molecule has 1 aliphatic rings. The van der Waals surface area contributed by atoms with Crippen LogP contribution in [0.1, 0.15) is 25.3 Å². The molecule has 0 fully saturated rings. The van der Waals surface area contributed by atoms with Gasteiger partial charge in [0.1, 0.15) is 0 Å². The zero-order chi connectivity index (χ0) is 16.1. The minimum Gasteiger partial charge on any atom is -0.273 e. The summed E-state index contributed by atoms with van der Waals surface area (Å²) in [6.07, 6.45) is 2.05. The standard InChI is InChI=1S/C14H14Cl2N4O2/c1-8-10(14(22)20-18-8)3-5-13(21)19-17-7-9-2-4-11(15)12(16)6-9/h2,4,6-7,10H,3,5H2,1H3,(H,19,21)(H,20,22)/b17-7+. The molecule has 2 rings (SSSR count). The van der Waals surface area contributed by atoms with Crippen molar-refractivity contribution in [2.75, 3.05) is 0 Å². The maximum Gasteiger partial charge on any atom is 0.248 e. The highest BCUT2D eigenvalue weighted by atomic mass is 35.5. The average molecular weight is 341 g/mol. The highest BCUT2D eigenvalue weighted by Gasteiger charge is 2.26. The molecular weight excluding hydrogens is 327 g/mol. The lowest BCUT2D eigenvalue weighted by molar-refractivity contribution is -0.123. The fraction of sp³-hybridized carbons (Fsp3) is 0.286. The number of hydrazone groups is 2. The number of nitrogens with one attached hydrogen (secondary N) is 2. The molecule has 1 atom stereocenters. The molecule has 1 aromatic rings. The number of halogens is 2. The fourth-order valence-corrected chi connectivity index (χ4v) is 2.24. The summed E-state index contributed by atoms with van der Waals surface area (Å²) in [7, 11) is 0. The van der Waals surface area contributed by atoms with Gasteiger partial charge in [-0.1, -0.05) is 29.3 Å². The van der Waals surface area contributed by atoms with Crippen LogP contribution in [-0.2, 0) is 9.59 Å². The monoisotopic (exact) mass is 340 g/mol. The second kappa shape index (κ2) is 7.38. The van der Waals surface area contributed by atoms with Crippen molar-refractivity contribution >= 4 is 46.9 Å². The van der Waals surface area contributed by atoms with Gasteiger partial charge in [0, 0.05) is 12.1 Å². The van der Waals surface area contributed by atoms with Gasteiger partial charge in [-0.15, -0.1) is 0 Å². The largest absolute Gasteiger partial charge is 0.273 e. The third kappa shape index (κ3) is 4.29. The van der Waals surface area contributed by atoms with E-state index in [-0.39, 0.29) is 24.2 Å². The Bertz CT molecular complexity index is 658. The number of amides is 2. The summed E-state index contributed by atoms with van der Waals surface area (Å²) >= 11 is 11.7. The van der Waals surface area contributed by atoms with Crippen molar-refractivity contribution in [2.45, 2.75) is 19.8 Å². The Morgan fingerprint density at radius 3 is 2.86 bits per heavy atom. The molecule has 1 aromatic carbocycles. The topological polar surface area (TPSA) is 82.9 Å². The Morgan fingerprint density at radius 2 is 2.23 bits per heavy atom. The lowest BCUT2D eigenvalue weighted by Crippen LogP contribution is -2.25. The number of benzene rings is 1. The van der Waals surface area contributed by atoms with Crippen molar-refractivity contribution in [3.8, 4) is 0 Å². The first-order chi connectivity index (χ1) is 10.5. The average Bonchev–Trinajstić information content (AvgIpc) is 2.80. The van der Waals surface area contributed by atoms with Gasteiger partial charge < -0.3 is 0 Å². The number of hydrogen-bond acceptors (Lipinski definition) is 4. The van der Waals surface area contributed by atoms with E-state index in [0.29, 0.717) is 27.7 Å². The molecule has 6 nitrogen and oxygen atoms in total. The van der Waals surface area contributed by atoms with E-state index < -0.39 is 0 Å². The Morgan fingerprint density at radius 1 is 1.45 bits per heavy atom. The van der Waals surface area contributed by atoms with Gasteiger partial charge in [0.2, 0.25) is 11.8 Å². The molecule has 22 heavy (non-hydrogen) atoms. The maximum absolute atomic E-state index is 11.7. The van der Waals surface area contributed by atoms with Gasteiger partial charge >= 0.3 is 0 Å². The van der Waals surface area contributed by atoms with E-state index in [0.717, 1.165) is 0 Å². The first kappa shape index (κ1) is 16.5. The predicted molar refractivity (Wildman–Crippen MR) is 86.2 cm³/mol. The molecule has 1 unspecified atom stereocenters. The summed E-state index contributed by atoms with van der Waals surface area (Å²) in [5.74, 6) is -0.793. The zero-order valence-electron chi connectivity index (χ0n) is 11.8. The van der Waals surface area contributed by atoms with Crippen molar-refractivity contribution in [1.82, 2.24) is 10.9 Å². The van der Waals surface area contributed by atoms with Crippen molar-refractivity contribution in [2.24, 2.45) is 16.1 Å². The summed E-state index contributed by atoms with van der Waals surface area (Å²) in [6, 6.07) is 5.02. The minimum absolute atomic E-state index is 0.176. The van der Waals surface area contributed by atoms with Crippen LogP contribution >= 0.6 is 23.2 Å².